The second-order valence-electron chi connectivity index (χ2n) is 5.52. The van der Waals surface area contributed by atoms with Crippen LogP contribution < -0.4 is 5.73 Å². The summed E-state index contributed by atoms with van der Waals surface area (Å²) in [6.07, 6.45) is 9.32. The summed E-state index contributed by atoms with van der Waals surface area (Å²) in [5.41, 5.74) is 7.49. The number of rotatable bonds is 5. The van der Waals surface area contributed by atoms with Crippen molar-refractivity contribution in [3.8, 4) is 0 Å². The van der Waals surface area contributed by atoms with Gasteiger partial charge in [-0.25, -0.2) is 0 Å². The fourth-order valence-corrected chi connectivity index (χ4v) is 2.67. The summed E-state index contributed by atoms with van der Waals surface area (Å²) in [5.74, 6) is 0.652. The third kappa shape index (κ3) is 2.14. The van der Waals surface area contributed by atoms with Crippen molar-refractivity contribution in [2.75, 3.05) is 6.54 Å². The Hall–Kier alpha value is -0.830. The maximum absolute atomic E-state index is 5.72. The Morgan fingerprint density at radius 1 is 1.50 bits per heavy atom. The fourth-order valence-electron chi connectivity index (χ4n) is 2.67. The zero-order valence-corrected chi connectivity index (χ0v) is 10.4. The number of hydrogen-bond acceptors (Lipinski definition) is 2. The van der Waals surface area contributed by atoms with E-state index in [0.717, 1.165) is 19.5 Å². The van der Waals surface area contributed by atoms with Gasteiger partial charge in [-0.1, -0.05) is 20.3 Å². The highest BCUT2D eigenvalue weighted by molar-refractivity contribution is 5.23. The zero-order valence-electron chi connectivity index (χ0n) is 10.4. The predicted molar refractivity (Wildman–Crippen MR) is 66.3 cm³/mol. The molecule has 2 N–H and O–H groups in total. The molecule has 0 aromatic carbocycles. The predicted octanol–water partition coefficient (Wildman–Crippen LogP) is 2.31. The molecule has 1 aromatic rings. The van der Waals surface area contributed by atoms with Crippen LogP contribution in [0.5, 0.6) is 0 Å². The smallest absolute Gasteiger partial charge is 0.0527 e. The van der Waals surface area contributed by atoms with Gasteiger partial charge in [0.2, 0.25) is 0 Å². The van der Waals surface area contributed by atoms with Crippen LogP contribution in [0.1, 0.15) is 45.1 Å². The molecule has 0 aliphatic heterocycles. The van der Waals surface area contributed by atoms with E-state index < -0.39 is 0 Å². The van der Waals surface area contributed by atoms with Crippen molar-refractivity contribution in [2.45, 2.75) is 51.5 Å². The van der Waals surface area contributed by atoms with Gasteiger partial charge in [-0.05, 0) is 42.7 Å². The molecule has 90 valence electrons. The minimum atomic E-state index is 0.365. The first-order valence-electron chi connectivity index (χ1n) is 6.39. The van der Waals surface area contributed by atoms with Gasteiger partial charge in [-0.15, -0.1) is 0 Å². The summed E-state index contributed by atoms with van der Waals surface area (Å²) in [6.45, 7) is 6.24. The maximum atomic E-state index is 5.72. The summed E-state index contributed by atoms with van der Waals surface area (Å²) in [6, 6.07) is 0. The summed E-state index contributed by atoms with van der Waals surface area (Å²) in [7, 11) is 0. The van der Waals surface area contributed by atoms with Crippen molar-refractivity contribution in [3.05, 3.63) is 18.0 Å². The molecule has 0 amide bonds. The van der Waals surface area contributed by atoms with Crippen molar-refractivity contribution in [2.24, 2.45) is 11.7 Å². The van der Waals surface area contributed by atoms with Crippen molar-refractivity contribution in [3.63, 3.8) is 0 Å². The Labute approximate surface area is 98.0 Å². The molecule has 1 fully saturated rings. The molecule has 1 aliphatic rings. The van der Waals surface area contributed by atoms with E-state index in [1.807, 2.05) is 0 Å². The van der Waals surface area contributed by atoms with Crippen molar-refractivity contribution < 1.29 is 0 Å². The normalized spacial score (nSPS) is 18.8. The van der Waals surface area contributed by atoms with Crippen LogP contribution in [0, 0.1) is 5.92 Å². The van der Waals surface area contributed by atoms with Gasteiger partial charge < -0.3 is 5.73 Å². The third-order valence-electron chi connectivity index (χ3n) is 3.73. The Bertz CT molecular complexity index is 337. The molecule has 0 atom stereocenters. The zero-order chi connectivity index (χ0) is 11.6. The lowest BCUT2D eigenvalue weighted by molar-refractivity contribution is 0.229. The van der Waals surface area contributed by atoms with Gasteiger partial charge >= 0.3 is 0 Å². The molecule has 16 heavy (non-hydrogen) atoms. The van der Waals surface area contributed by atoms with Crippen LogP contribution in [0.4, 0.5) is 0 Å². The van der Waals surface area contributed by atoms with Crippen LogP contribution in [0.2, 0.25) is 0 Å². The van der Waals surface area contributed by atoms with E-state index in [-0.39, 0.29) is 0 Å². The fraction of sp³-hybridized carbons (Fsp3) is 0.769. The summed E-state index contributed by atoms with van der Waals surface area (Å²) >= 11 is 0. The molecule has 1 aliphatic carbocycles. The highest BCUT2D eigenvalue weighted by Crippen LogP contribution is 2.45. The molecule has 1 saturated carbocycles. The molecular weight excluding hydrogens is 198 g/mol. The van der Waals surface area contributed by atoms with Gasteiger partial charge in [-0.2, -0.15) is 5.10 Å². The standard InChI is InChI=1S/C13H23N3/c1-11(2)9-16-10-12(8-15-16)13(6-7-14)4-3-5-13/h8,10-11H,3-7,9,14H2,1-2H3. The maximum Gasteiger partial charge on any atom is 0.0527 e. The quantitative estimate of drug-likeness (QED) is 0.829. The lowest BCUT2D eigenvalue weighted by Crippen LogP contribution is -2.36. The van der Waals surface area contributed by atoms with Crippen LogP contribution in [0.15, 0.2) is 12.4 Å². The van der Waals surface area contributed by atoms with E-state index in [4.69, 9.17) is 5.73 Å². The molecule has 0 spiro atoms. The van der Waals surface area contributed by atoms with Gasteiger partial charge in [0.05, 0.1) is 6.20 Å². The summed E-state index contributed by atoms with van der Waals surface area (Å²) in [5, 5.41) is 4.46. The molecule has 1 heterocycles. The van der Waals surface area contributed by atoms with Gasteiger partial charge in [0.25, 0.3) is 0 Å². The van der Waals surface area contributed by atoms with Crippen molar-refractivity contribution in [1.82, 2.24) is 9.78 Å². The molecule has 3 heteroatoms. The SMILES string of the molecule is CC(C)Cn1cc(C2(CCN)CCC2)cn1. The first kappa shape index (κ1) is 11.6. The Kier molecular flexibility index (Phi) is 3.33. The molecule has 0 bridgehead atoms. The van der Waals surface area contributed by atoms with Gasteiger partial charge in [0.15, 0.2) is 0 Å². The van der Waals surface area contributed by atoms with Crippen LogP contribution in [-0.2, 0) is 12.0 Å². The molecule has 0 radical (unpaired) electrons. The lowest BCUT2D eigenvalue weighted by Gasteiger charge is -2.41. The molecule has 2 rings (SSSR count). The number of aromatic nitrogens is 2. The van der Waals surface area contributed by atoms with Gasteiger partial charge in [-0.3, -0.25) is 4.68 Å². The minimum absolute atomic E-state index is 0.365. The van der Waals surface area contributed by atoms with Crippen molar-refractivity contribution >= 4 is 0 Å². The second kappa shape index (κ2) is 4.58. The Morgan fingerprint density at radius 3 is 2.75 bits per heavy atom. The average Bonchev–Trinajstić information content (AvgIpc) is 2.59. The van der Waals surface area contributed by atoms with E-state index in [2.05, 4.69) is 36.0 Å². The molecule has 3 nitrogen and oxygen atoms in total. The summed E-state index contributed by atoms with van der Waals surface area (Å²) < 4.78 is 2.08. The molecular formula is C13H23N3. The van der Waals surface area contributed by atoms with Crippen LogP contribution in [0.25, 0.3) is 0 Å². The minimum Gasteiger partial charge on any atom is -0.330 e. The van der Waals surface area contributed by atoms with Crippen LogP contribution >= 0.6 is 0 Å². The molecule has 0 unspecified atom stereocenters. The summed E-state index contributed by atoms with van der Waals surface area (Å²) in [4.78, 5) is 0. The number of nitrogens with two attached hydrogens (primary N) is 1. The van der Waals surface area contributed by atoms with Crippen molar-refractivity contribution in [1.29, 1.82) is 0 Å². The van der Waals surface area contributed by atoms with E-state index >= 15 is 0 Å². The Morgan fingerprint density at radius 2 is 2.25 bits per heavy atom. The third-order valence-corrected chi connectivity index (χ3v) is 3.73. The van der Waals surface area contributed by atoms with E-state index in [1.165, 1.54) is 24.8 Å². The topological polar surface area (TPSA) is 43.8 Å². The van der Waals surface area contributed by atoms with E-state index in [9.17, 15) is 0 Å². The average molecular weight is 221 g/mol. The van der Waals surface area contributed by atoms with E-state index in [1.54, 1.807) is 0 Å². The largest absolute Gasteiger partial charge is 0.330 e. The van der Waals surface area contributed by atoms with Gasteiger partial charge in [0.1, 0.15) is 0 Å². The first-order valence-corrected chi connectivity index (χ1v) is 6.39. The Balaban J connectivity index is 2.10. The highest BCUT2D eigenvalue weighted by atomic mass is 15.3. The van der Waals surface area contributed by atoms with Gasteiger partial charge in [0, 0.05) is 12.7 Å². The highest BCUT2D eigenvalue weighted by Gasteiger charge is 2.38. The van der Waals surface area contributed by atoms with Crippen LogP contribution in [0.3, 0.4) is 0 Å². The number of hydrogen-bond donors (Lipinski definition) is 1. The molecule has 0 saturated heterocycles. The lowest BCUT2D eigenvalue weighted by atomic mass is 9.63. The first-order chi connectivity index (χ1) is 7.66. The monoisotopic (exact) mass is 221 g/mol. The van der Waals surface area contributed by atoms with Crippen LogP contribution in [-0.4, -0.2) is 16.3 Å². The second-order valence-corrected chi connectivity index (χ2v) is 5.52. The van der Waals surface area contributed by atoms with E-state index in [0.29, 0.717) is 11.3 Å². The molecule has 1 aromatic heterocycles. The number of nitrogens with zero attached hydrogens (tertiary/aromatic N) is 2.